The lowest BCUT2D eigenvalue weighted by atomic mass is 9.90. The molecule has 2 saturated heterocycles. The normalized spacial score (nSPS) is 26.4. The highest BCUT2D eigenvalue weighted by molar-refractivity contribution is 5.73. The first kappa shape index (κ1) is 15.4. The van der Waals surface area contributed by atoms with Crippen LogP contribution in [0.1, 0.15) is 25.3 Å². The van der Waals surface area contributed by atoms with Crippen molar-refractivity contribution in [1.29, 1.82) is 0 Å². The van der Waals surface area contributed by atoms with Gasteiger partial charge in [-0.05, 0) is 30.5 Å². The number of benzene rings is 1. The standard InChI is InChI=1S/C17H23FN2O2/c1-14(21)20-8-2-7-17(13-20)12-19(9-10-22-17)11-15-3-5-16(18)6-4-15/h3-6H,2,7-13H2,1H3/t17-/m0/s1. The zero-order valence-corrected chi connectivity index (χ0v) is 13.1. The average Bonchev–Trinajstić information content (AvgIpc) is 2.50. The van der Waals surface area contributed by atoms with Gasteiger partial charge in [-0.25, -0.2) is 4.39 Å². The van der Waals surface area contributed by atoms with E-state index in [-0.39, 0.29) is 17.3 Å². The van der Waals surface area contributed by atoms with Crippen LogP contribution in [0.3, 0.4) is 0 Å². The molecule has 0 N–H and O–H groups in total. The third-order valence-corrected chi connectivity index (χ3v) is 4.63. The summed E-state index contributed by atoms with van der Waals surface area (Å²) in [7, 11) is 0. The van der Waals surface area contributed by atoms with Crippen LogP contribution in [0.4, 0.5) is 4.39 Å². The lowest BCUT2D eigenvalue weighted by molar-refractivity contribution is -0.156. The SMILES string of the molecule is CC(=O)N1CCC[C@]2(CN(Cc3ccc(F)cc3)CCO2)C1. The Morgan fingerprint density at radius 3 is 2.77 bits per heavy atom. The molecule has 1 atom stereocenters. The Morgan fingerprint density at radius 1 is 1.27 bits per heavy atom. The first-order chi connectivity index (χ1) is 10.6. The molecule has 0 unspecified atom stereocenters. The summed E-state index contributed by atoms with van der Waals surface area (Å²) in [4.78, 5) is 15.9. The predicted octanol–water partition coefficient (Wildman–Crippen LogP) is 2.04. The van der Waals surface area contributed by atoms with Crippen molar-refractivity contribution in [1.82, 2.24) is 9.80 Å². The van der Waals surface area contributed by atoms with Gasteiger partial charge in [0.1, 0.15) is 5.82 Å². The maximum Gasteiger partial charge on any atom is 0.219 e. The zero-order valence-electron chi connectivity index (χ0n) is 13.1. The number of hydrogen-bond acceptors (Lipinski definition) is 3. The second kappa shape index (κ2) is 6.34. The molecule has 0 bridgehead atoms. The first-order valence-electron chi connectivity index (χ1n) is 7.93. The Morgan fingerprint density at radius 2 is 2.05 bits per heavy atom. The zero-order chi connectivity index (χ0) is 15.6. The van der Waals surface area contributed by atoms with E-state index >= 15 is 0 Å². The minimum absolute atomic E-state index is 0.123. The van der Waals surface area contributed by atoms with E-state index in [4.69, 9.17) is 4.74 Å². The number of nitrogens with zero attached hydrogens (tertiary/aromatic N) is 2. The predicted molar refractivity (Wildman–Crippen MR) is 81.8 cm³/mol. The lowest BCUT2D eigenvalue weighted by Gasteiger charge is -2.48. The number of carbonyl (C=O) groups excluding carboxylic acids is 1. The molecular formula is C17H23FN2O2. The molecule has 3 rings (SSSR count). The molecule has 4 nitrogen and oxygen atoms in total. The van der Waals surface area contributed by atoms with Gasteiger partial charge in [-0.15, -0.1) is 0 Å². The van der Waals surface area contributed by atoms with Gasteiger partial charge < -0.3 is 9.64 Å². The van der Waals surface area contributed by atoms with Crippen LogP contribution in [0.5, 0.6) is 0 Å². The Kier molecular flexibility index (Phi) is 4.45. The summed E-state index contributed by atoms with van der Waals surface area (Å²) in [5, 5.41) is 0. The fraction of sp³-hybridized carbons (Fsp3) is 0.588. The minimum Gasteiger partial charge on any atom is -0.370 e. The van der Waals surface area contributed by atoms with Crippen molar-refractivity contribution in [2.75, 3.05) is 32.8 Å². The molecule has 0 radical (unpaired) electrons. The Hall–Kier alpha value is -1.46. The quantitative estimate of drug-likeness (QED) is 0.838. The summed E-state index contributed by atoms with van der Waals surface area (Å²) in [6.45, 7) is 6.32. The third kappa shape index (κ3) is 3.47. The monoisotopic (exact) mass is 306 g/mol. The lowest BCUT2D eigenvalue weighted by Crippen LogP contribution is -2.60. The fourth-order valence-corrected chi connectivity index (χ4v) is 3.52. The number of rotatable bonds is 2. The first-order valence-corrected chi connectivity index (χ1v) is 7.93. The van der Waals surface area contributed by atoms with E-state index in [9.17, 15) is 9.18 Å². The number of amides is 1. The van der Waals surface area contributed by atoms with Crippen LogP contribution >= 0.6 is 0 Å². The van der Waals surface area contributed by atoms with Gasteiger partial charge >= 0.3 is 0 Å². The molecule has 2 aliphatic rings. The van der Waals surface area contributed by atoms with Crippen LogP contribution in [0.2, 0.25) is 0 Å². The number of ether oxygens (including phenoxy) is 1. The van der Waals surface area contributed by atoms with Crippen molar-refractivity contribution in [2.45, 2.75) is 31.9 Å². The Balaban J connectivity index is 1.65. The smallest absolute Gasteiger partial charge is 0.219 e. The van der Waals surface area contributed by atoms with Crippen LogP contribution in [-0.2, 0) is 16.1 Å². The summed E-state index contributed by atoms with van der Waals surface area (Å²) >= 11 is 0. The summed E-state index contributed by atoms with van der Waals surface area (Å²) in [6, 6.07) is 6.67. The fourth-order valence-electron chi connectivity index (χ4n) is 3.52. The van der Waals surface area contributed by atoms with Gasteiger partial charge in [0.2, 0.25) is 5.91 Å². The van der Waals surface area contributed by atoms with Gasteiger partial charge in [0, 0.05) is 33.1 Å². The third-order valence-electron chi connectivity index (χ3n) is 4.63. The molecule has 2 aliphatic heterocycles. The van der Waals surface area contributed by atoms with Crippen molar-refractivity contribution in [3.8, 4) is 0 Å². The average molecular weight is 306 g/mol. The highest BCUT2D eigenvalue weighted by Gasteiger charge is 2.41. The number of morpholine rings is 1. The summed E-state index contributed by atoms with van der Waals surface area (Å²) < 4.78 is 19.1. The van der Waals surface area contributed by atoms with Gasteiger partial charge in [0.15, 0.2) is 0 Å². The van der Waals surface area contributed by atoms with Crippen molar-refractivity contribution in [3.63, 3.8) is 0 Å². The second-order valence-electron chi connectivity index (χ2n) is 6.41. The molecule has 120 valence electrons. The van der Waals surface area contributed by atoms with Crippen LogP contribution in [0.25, 0.3) is 0 Å². The molecule has 0 aromatic heterocycles. The maximum atomic E-state index is 13.0. The van der Waals surface area contributed by atoms with E-state index < -0.39 is 0 Å². The maximum absolute atomic E-state index is 13.0. The molecule has 2 fully saturated rings. The molecule has 1 spiro atoms. The van der Waals surface area contributed by atoms with Crippen molar-refractivity contribution in [2.24, 2.45) is 0 Å². The molecule has 22 heavy (non-hydrogen) atoms. The largest absolute Gasteiger partial charge is 0.370 e. The summed E-state index contributed by atoms with van der Waals surface area (Å²) in [6.07, 6.45) is 1.99. The van der Waals surface area contributed by atoms with Gasteiger partial charge in [-0.2, -0.15) is 0 Å². The number of hydrogen-bond donors (Lipinski definition) is 0. The summed E-state index contributed by atoms with van der Waals surface area (Å²) in [5.41, 5.74) is 0.875. The van der Waals surface area contributed by atoms with Crippen LogP contribution < -0.4 is 0 Å². The number of carbonyl (C=O) groups is 1. The molecular weight excluding hydrogens is 283 g/mol. The Bertz CT molecular complexity index is 530. The van der Waals surface area contributed by atoms with E-state index in [1.807, 2.05) is 17.0 Å². The van der Waals surface area contributed by atoms with Gasteiger partial charge in [0.05, 0.1) is 18.8 Å². The van der Waals surface area contributed by atoms with Crippen LogP contribution in [-0.4, -0.2) is 54.1 Å². The molecule has 5 heteroatoms. The summed E-state index contributed by atoms with van der Waals surface area (Å²) in [5.74, 6) is -0.0788. The highest BCUT2D eigenvalue weighted by atomic mass is 19.1. The number of likely N-dealkylation sites (tertiary alicyclic amines) is 1. The van der Waals surface area contributed by atoms with Crippen molar-refractivity contribution >= 4 is 5.91 Å². The van der Waals surface area contributed by atoms with Crippen molar-refractivity contribution < 1.29 is 13.9 Å². The van der Waals surface area contributed by atoms with Gasteiger partial charge in [-0.1, -0.05) is 12.1 Å². The second-order valence-corrected chi connectivity index (χ2v) is 6.41. The van der Waals surface area contributed by atoms with Crippen LogP contribution in [0.15, 0.2) is 24.3 Å². The number of halogens is 1. The highest BCUT2D eigenvalue weighted by Crippen LogP contribution is 2.29. The van der Waals surface area contributed by atoms with E-state index in [1.54, 1.807) is 6.92 Å². The number of piperidine rings is 1. The minimum atomic E-state index is -0.234. The van der Waals surface area contributed by atoms with Gasteiger partial charge in [-0.3, -0.25) is 9.69 Å². The molecule has 1 amide bonds. The molecule has 0 aliphatic carbocycles. The Labute approximate surface area is 130 Å². The van der Waals surface area contributed by atoms with Gasteiger partial charge in [0.25, 0.3) is 0 Å². The van der Waals surface area contributed by atoms with E-state index in [0.29, 0.717) is 13.2 Å². The van der Waals surface area contributed by atoms with E-state index in [0.717, 1.165) is 44.6 Å². The molecule has 2 heterocycles. The molecule has 1 aromatic carbocycles. The molecule has 1 aromatic rings. The van der Waals surface area contributed by atoms with E-state index in [2.05, 4.69) is 4.90 Å². The van der Waals surface area contributed by atoms with Crippen molar-refractivity contribution in [3.05, 3.63) is 35.6 Å². The topological polar surface area (TPSA) is 32.8 Å². The molecule has 0 saturated carbocycles. The van der Waals surface area contributed by atoms with Crippen LogP contribution in [0, 0.1) is 5.82 Å². The van der Waals surface area contributed by atoms with E-state index in [1.165, 1.54) is 12.1 Å².